The van der Waals surface area contributed by atoms with Gasteiger partial charge in [0.05, 0.1) is 27.6 Å². The van der Waals surface area contributed by atoms with Crippen LogP contribution in [-0.2, 0) is 11.8 Å². The molecular weight excluding hydrogens is 454 g/mol. The summed E-state index contributed by atoms with van der Waals surface area (Å²) in [6.07, 6.45) is 5.91. The lowest BCUT2D eigenvalue weighted by Gasteiger charge is -2.21. The Morgan fingerprint density at radius 3 is 2.34 bits per heavy atom. The molecule has 0 spiro atoms. The fourth-order valence-electron chi connectivity index (χ4n) is 4.24. The number of fused-ring (bicyclic) bond motifs is 1. The molecule has 0 bridgehead atoms. The van der Waals surface area contributed by atoms with E-state index in [0.29, 0.717) is 12.2 Å². The quantitative estimate of drug-likeness (QED) is 0.312. The summed E-state index contributed by atoms with van der Waals surface area (Å²) in [4.78, 5) is 15.4. The van der Waals surface area contributed by atoms with Crippen molar-refractivity contribution in [3.63, 3.8) is 0 Å². The van der Waals surface area contributed by atoms with E-state index >= 15 is 0 Å². The third-order valence-electron chi connectivity index (χ3n) is 6.04. The highest BCUT2D eigenvalue weighted by Gasteiger charge is 2.30. The number of benzene rings is 1. The van der Waals surface area contributed by atoms with Crippen LogP contribution in [0.15, 0.2) is 67.1 Å². The number of hydrogen-bond acceptors (Lipinski definition) is 7. The normalized spacial score (nSPS) is 13.7. The second-order valence-corrected chi connectivity index (χ2v) is 10.8. The van der Waals surface area contributed by atoms with Gasteiger partial charge in [-0.1, -0.05) is 51.1 Å². The van der Waals surface area contributed by atoms with E-state index in [1.165, 1.54) is 4.88 Å². The van der Waals surface area contributed by atoms with Gasteiger partial charge in [0, 0.05) is 40.6 Å². The molecule has 1 aromatic carbocycles. The maximum absolute atomic E-state index is 6.85. The summed E-state index contributed by atoms with van der Waals surface area (Å²) in [5.74, 6) is 0.608. The zero-order valence-corrected chi connectivity index (χ0v) is 20.9. The Morgan fingerprint density at radius 1 is 0.943 bits per heavy atom. The molecule has 178 valence electrons. The summed E-state index contributed by atoms with van der Waals surface area (Å²) in [5.41, 5.74) is 19.0. The van der Waals surface area contributed by atoms with E-state index in [9.17, 15) is 0 Å². The van der Waals surface area contributed by atoms with Crippen molar-refractivity contribution in [2.45, 2.75) is 44.7 Å². The molecule has 0 saturated carbocycles. The molecule has 2 atom stereocenters. The van der Waals surface area contributed by atoms with Gasteiger partial charge >= 0.3 is 0 Å². The first-order chi connectivity index (χ1) is 16.8. The lowest BCUT2D eigenvalue weighted by molar-refractivity contribution is 0.537. The lowest BCUT2D eigenvalue weighted by Crippen LogP contribution is -2.36. The molecule has 0 amide bonds. The SMILES string of the molecule is CC(C)(C)c1sc2c(C(N)C(N)Cc3ccccc3)nc(-c3ccncc3)nc2c1-c1ccn[nH]1. The van der Waals surface area contributed by atoms with Crippen LogP contribution in [0.25, 0.3) is 32.9 Å². The van der Waals surface area contributed by atoms with Crippen molar-refractivity contribution in [3.05, 3.63) is 83.3 Å². The highest BCUT2D eigenvalue weighted by molar-refractivity contribution is 7.20. The summed E-state index contributed by atoms with van der Waals surface area (Å²) in [6, 6.07) is 15.2. The van der Waals surface area contributed by atoms with Gasteiger partial charge in [-0.25, -0.2) is 9.97 Å². The van der Waals surface area contributed by atoms with E-state index in [4.69, 9.17) is 21.4 Å². The molecule has 35 heavy (non-hydrogen) atoms. The highest BCUT2D eigenvalue weighted by Crippen LogP contribution is 2.45. The molecule has 0 fully saturated rings. The molecule has 5 aromatic rings. The molecular formula is C27H29N7S. The second-order valence-electron chi connectivity index (χ2n) is 9.75. The maximum atomic E-state index is 6.85. The van der Waals surface area contributed by atoms with E-state index < -0.39 is 6.04 Å². The topological polar surface area (TPSA) is 119 Å². The molecule has 0 saturated heterocycles. The van der Waals surface area contributed by atoms with Crippen molar-refractivity contribution in [1.82, 2.24) is 25.1 Å². The van der Waals surface area contributed by atoms with Crippen molar-refractivity contribution in [2.75, 3.05) is 0 Å². The first kappa shape index (κ1) is 23.3. The molecule has 0 aliphatic carbocycles. The van der Waals surface area contributed by atoms with Gasteiger partial charge in [0.1, 0.15) is 0 Å². The van der Waals surface area contributed by atoms with Gasteiger partial charge < -0.3 is 11.5 Å². The van der Waals surface area contributed by atoms with E-state index in [-0.39, 0.29) is 11.5 Å². The number of thiophene rings is 1. The number of aromatic nitrogens is 5. The van der Waals surface area contributed by atoms with Crippen LogP contribution in [0.4, 0.5) is 0 Å². The average Bonchev–Trinajstić information content (AvgIpc) is 3.52. The molecule has 8 heteroatoms. The fraction of sp³-hybridized carbons (Fsp3) is 0.259. The van der Waals surface area contributed by atoms with Crippen molar-refractivity contribution in [1.29, 1.82) is 0 Å². The first-order valence-electron chi connectivity index (χ1n) is 11.6. The van der Waals surface area contributed by atoms with Crippen molar-refractivity contribution in [3.8, 4) is 22.6 Å². The highest BCUT2D eigenvalue weighted by atomic mass is 32.1. The zero-order valence-electron chi connectivity index (χ0n) is 20.1. The van der Waals surface area contributed by atoms with Crippen LogP contribution in [0.5, 0.6) is 0 Å². The van der Waals surface area contributed by atoms with E-state index in [1.54, 1.807) is 29.9 Å². The average molecular weight is 484 g/mol. The van der Waals surface area contributed by atoms with Gasteiger partial charge in [0.2, 0.25) is 0 Å². The Hall–Kier alpha value is -3.46. The van der Waals surface area contributed by atoms with E-state index in [1.807, 2.05) is 36.4 Å². The third kappa shape index (κ3) is 4.60. The zero-order chi connectivity index (χ0) is 24.6. The Bertz CT molecular complexity index is 1420. The number of pyridine rings is 1. The number of aromatic amines is 1. The molecule has 2 unspecified atom stereocenters. The van der Waals surface area contributed by atoms with Crippen LogP contribution >= 0.6 is 11.3 Å². The van der Waals surface area contributed by atoms with Gasteiger partial charge in [-0.2, -0.15) is 5.10 Å². The third-order valence-corrected chi connectivity index (χ3v) is 7.67. The van der Waals surface area contributed by atoms with Gasteiger partial charge in [0.15, 0.2) is 5.82 Å². The Labute approximate surface area is 208 Å². The molecule has 0 radical (unpaired) electrons. The van der Waals surface area contributed by atoms with Crippen LogP contribution in [0.1, 0.15) is 42.9 Å². The molecule has 5 rings (SSSR count). The maximum Gasteiger partial charge on any atom is 0.160 e. The monoisotopic (exact) mass is 483 g/mol. The summed E-state index contributed by atoms with van der Waals surface area (Å²) in [5, 5.41) is 7.34. The lowest BCUT2D eigenvalue weighted by atomic mass is 9.90. The number of H-pyrrole nitrogens is 1. The predicted octanol–water partition coefficient (Wildman–Crippen LogP) is 5.01. The second kappa shape index (κ2) is 9.30. The van der Waals surface area contributed by atoms with Crippen LogP contribution < -0.4 is 11.5 Å². The van der Waals surface area contributed by atoms with Crippen molar-refractivity contribution < 1.29 is 0 Å². The van der Waals surface area contributed by atoms with Gasteiger partial charge in [-0.05, 0) is 35.6 Å². The fourth-order valence-corrected chi connectivity index (χ4v) is 5.59. The molecule has 0 aliphatic heterocycles. The molecule has 0 aliphatic rings. The minimum atomic E-state index is -0.470. The van der Waals surface area contributed by atoms with Crippen LogP contribution in [0.3, 0.4) is 0 Å². The van der Waals surface area contributed by atoms with Gasteiger partial charge in [-0.3, -0.25) is 10.1 Å². The van der Waals surface area contributed by atoms with E-state index in [2.05, 4.69) is 48.1 Å². The predicted molar refractivity (Wildman–Crippen MR) is 142 cm³/mol. The van der Waals surface area contributed by atoms with Crippen LogP contribution in [0.2, 0.25) is 0 Å². The Balaban J connectivity index is 1.73. The smallest absolute Gasteiger partial charge is 0.160 e. The molecule has 4 heterocycles. The Morgan fingerprint density at radius 2 is 1.69 bits per heavy atom. The number of nitrogens with zero attached hydrogens (tertiary/aromatic N) is 4. The van der Waals surface area contributed by atoms with E-state index in [0.717, 1.165) is 38.3 Å². The number of nitrogens with two attached hydrogens (primary N) is 2. The number of hydrogen-bond donors (Lipinski definition) is 3. The summed E-state index contributed by atoms with van der Waals surface area (Å²) in [6.45, 7) is 6.61. The summed E-state index contributed by atoms with van der Waals surface area (Å²) in [7, 11) is 0. The minimum absolute atomic E-state index is 0.115. The standard InChI is InChI=1S/C27H29N7S/c1-27(2,3)25-20(19-11-14-31-34-19)22-24(35-25)23(33-26(32-22)17-9-12-30-13-10-17)21(29)18(28)15-16-7-5-4-6-8-16/h4-14,18,21H,15,28-29H2,1-3H3,(H,31,34). The molecule has 5 N–H and O–H groups in total. The minimum Gasteiger partial charge on any atom is -0.326 e. The number of rotatable bonds is 6. The van der Waals surface area contributed by atoms with Crippen molar-refractivity contribution in [2.24, 2.45) is 11.5 Å². The largest absolute Gasteiger partial charge is 0.326 e. The van der Waals surface area contributed by atoms with Crippen molar-refractivity contribution >= 4 is 21.6 Å². The molecule has 4 aromatic heterocycles. The van der Waals surface area contributed by atoms with Crippen LogP contribution in [-0.4, -0.2) is 31.2 Å². The Kier molecular flexibility index (Phi) is 6.19. The first-order valence-corrected chi connectivity index (χ1v) is 12.4. The van der Waals surface area contributed by atoms with Crippen LogP contribution in [0, 0.1) is 0 Å². The van der Waals surface area contributed by atoms with Gasteiger partial charge in [-0.15, -0.1) is 11.3 Å². The number of nitrogens with one attached hydrogen (secondary N) is 1. The molecule has 7 nitrogen and oxygen atoms in total. The summed E-state index contributed by atoms with van der Waals surface area (Å²) >= 11 is 1.69. The summed E-state index contributed by atoms with van der Waals surface area (Å²) < 4.78 is 0.966. The van der Waals surface area contributed by atoms with Gasteiger partial charge in [0.25, 0.3) is 0 Å².